The molecule has 3 nitrogen and oxygen atoms in total. The molecule has 1 rings (SSSR count). The molecule has 1 saturated heterocycles. The van der Waals surface area contributed by atoms with E-state index >= 15 is 0 Å². The number of nitrogens with zero attached hydrogens (tertiary/aromatic N) is 1. The Morgan fingerprint density at radius 3 is 2.62 bits per heavy atom. The van der Waals surface area contributed by atoms with Crippen LogP contribution in [-0.2, 0) is 4.74 Å². The molecule has 1 unspecified atom stereocenters. The van der Waals surface area contributed by atoms with Crippen LogP contribution < -0.4 is 5.73 Å². The van der Waals surface area contributed by atoms with Crippen molar-refractivity contribution >= 4 is 11.8 Å². The summed E-state index contributed by atoms with van der Waals surface area (Å²) in [6.07, 6.45) is 1.05. The highest BCUT2D eigenvalue weighted by Crippen LogP contribution is 2.34. The van der Waals surface area contributed by atoms with E-state index in [4.69, 9.17) is 10.5 Å². The van der Waals surface area contributed by atoms with Gasteiger partial charge in [0, 0.05) is 37.2 Å². The van der Waals surface area contributed by atoms with Crippen molar-refractivity contribution in [3.63, 3.8) is 0 Å². The normalized spacial score (nSPS) is 25.3. The Bertz CT molecular complexity index is 217. The lowest BCUT2D eigenvalue weighted by atomic mass is 9.93. The molecule has 0 spiro atoms. The first-order valence-corrected chi connectivity index (χ1v) is 7.06. The summed E-state index contributed by atoms with van der Waals surface area (Å²) < 4.78 is 5.72. The second kappa shape index (κ2) is 5.71. The SMILES string of the molecule is CCC(CN)(COC)N1CCSC(C)(C)C1. The molecule has 96 valence electrons. The Morgan fingerprint density at radius 1 is 1.50 bits per heavy atom. The lowest BCUT2D eigenvalue weighted by Gasteiger charge is -2.48. The van der Waals surface area contributed by atoms with Gasteiger partial charge < -0.3 is 10.5 Å². The van der Waals surface area contributed by atoms with Gasteiger partial charge in [0.2, 0.25) is 0 Å². The van der Waals surface area contributed by atoms with E-state index in [1.165, 1.54) is 5.75 Å². The van der Waals surface area contributed by atoms with Gasteiger partial charge in [0.15, 0.2) is 0 Å². The van der Waals surface area contributed by atoms with Crippen LogP contribution in [0.3, 0.4) is 0 Å². The summed E-state index contributed by atoms with van der Waals surface area (Å²) in [4.78, 5) is 2.53. The van der Waals surface area contributed by atoms with Crippen molar-refractivity contribution in [1.82, 2.24) is 4.90 Å². The summed E-state index contributed by atoms with van der Waals surface area (Å²) in [5.74, 6) is 1.19. The Hall–Kier alpha value is 0.230. The number of hydrogen-bond donors (Lipinski definition) is 1. The van der Waals surface area contributed by atoms with Crippen LogP contribution >= 0.6 is 11.8 Å². The van der Waals surface area contributed by atoms with E-state index in [2.05, 4.69) is 37.4 Å². The van der Waals surface area contributed by atoms with Gasteiger partial charge in [0.05, 0.1) is 12.1 Å². The van der Waals surface area contributed by atoms with E-state index in [-0.39, 0.29) is 5.54 Å². The van der Waals surface area contributed by atoms with Crippen LogP contribution in [-0.4, -0.2) is 54.3 Å². The van der Waals surface area contributed by atoms with Gasteiger partial charge in [-0.2, -0.15) is 11.8 Å². The molecular formula is C12H26N2OS. The lowest BCUT2D eigenvalue weighted by molar-refractivity contribution is 0.00919. The second-order valence-corrected chi connectivity index (χ2v) is 7.05. The maximum Gasteiger partial charge on any atom is 0.0658 e. The van der Waals surface area contributed by atoms with E-state index < -0.39 is 0 Å². The van der Waals surface area contributed by atoms with Crippen LogP contribution in [0.1, 0.15) is 27.2 Å². The van der Waals surface area contributed by atoms with Gasteiger partial charge in [0.1, 0.15) is 0 Å². The van der Waals surface area contributed by atoms with Crippen molar-refractivity contribution in [2.75, 3.05) is 39.1 Å². The zero-order valence-corrected chi connectivity index (χ0v) is 11.9. The van der Waals surface area contributed by atoms with Crippen LogP contribution in [0.25, 0.3) is 0 Å². The number of ether oxygens (including phenoxy) is 1. The summed E-state index contributed by atoms with van der Waals surface area (Å²) in [6, 6.07) is 0. The molecular weight excluding hydrogens is 220 g/mol. The smallest absolute Gasteiger partial charge is 0.0658 e. The fourth-order valence-electron chi connectivity index (χ4n) is 2.44. The molecule has 16 heavy (non-hydrogen) atoms. The van der Waals surface area contributed by atoms with Crippen LogP contribution in [0.15, 0.2) is 0 Å². The van der Waals surface area contributed by atoms with E-state index in [1.54, 1.807) is 7.11 Å². The zero-order valence-electron chi connectivity index (χ0n) is 11.1. The fourth-order valence-corrected chi connectivity index (χ4v) is 3.55. The molecule has 4 heteroatoms. The molecule has 2 N–H and O–H groups in total. The van der Waals surface area contributed by atoms with Crippen LogP contribution in [0.5, 0.6) is 0 Å². The van der Waals surface area contributed by atoms with Gasteiger partial charge in [-0.1, -0.05) is 6.92 Å². The largest absolute Gasteiger partial charge is 0.383 e. The van der Waals surface area contributed by atoms with E-state index in [9.17, 15) is 0 Å². The minimum absolute atomic E-state index is 0.0347. The number of nitrogens with two attached hydrogens (primary N) is 1. The highest BCUT2D eigenvalue weighted by Gasteiger charge is 2.39. The summed E-state index contributed by atoms with van der Waals surface area (Å²) in [5.41, 5.74) is 6.03. The quantitative estimate of drug-likeness (QED) is 0.799. The molecule has 1 atom stereocenters. The standard InChI is InChI=1S/C12H26N2OS/c1-5-12(8-13,10-15-4)14-6-7-16-11(2,3)9-14/h5-10,13H2,1-4H3. The minimum Gasteiger partial charge on any atom is -0.383 e. The highest BCUT2D eigenvalue weighted by molar-refractivity contribution is 8.00. The maximum absolute atomic E-state index is 6.00. The topological polar surface area (TPSA) is 38.5 Å². The highest BCUT2D eigenvalue weighted by atomic mass is 32.2. The molecule has 1 heterocycles. The molecule has 0 aromatic heterocycles. The predicted molar refractivity (Wildman–Crippen MR) is 72.1 cm³/mol. The molecule has 1 aliphatic rings. The van der Waals surface area contributed by atoms with Gasteiger partial charge in [-0.05, 0) is 20.3 Å². The molecule has 1 aliphatic heterocycles. The van der Waals surface area contributed by atoms with Crippen molar-refractivity contribution < 1.29 is 4.74 Å². The molecule has 0 aliphatic carbocycles. The average Bonchev–Trinajstić information content (AvgIpc) is 2.24. The molecule has 0 aromatic rings. The number of hydrogen-bond acceptors (Lipinski definition) is 4. The summed E-state index contributed by atoms with van der Waals surface area (Å²) in [5, 5.41) is 0. The molecule has 0 bridgehead atoms. The fraction of sp³-hybridized carbons (Fsp3) is 1.00. The Kier molecular flexibility index (Phi) is 5.10. The minimum atomic E-state index is 0.0347. The molecule has 1 fully saturated rings. The Labute approximate surface area is 104 Å². The third kappa shape index (κ3) is 3.13. The monoisotopic (exact) mass is 246 g/mol. The van der Waals surface area contributed by atoms with Gasteiger partial charge in [-0.25, -0.2) is 0 Å². The Morgan fingerprint density at radius 2 is 2.19 bits per heavy atom. The summed E-state index contributed by atoms with van der Waals surface area (Å²) in [6.45, 7) is 10.5. The van der Waals surface area contributed by atoms with Crippen LogP contribution in [0, 0.1) is 0 Å². The molecule has 0 saturated carbocycles. The van der Waals surface area contributed by atoms with Crippen molar-refractivity contribution in [3.05, 3.63) is 0 Å². The summed E-state index contributed by atoms with van der Waals surface area (Å²) in [7, 11) is 1.77. The first kappa shape index (κ1) is 14.3. The molecule has 0 amide bonds. The Balaban J connectivity index is 2.77. The van der Waals surface area contributed by atoms with Gasteiger partial charge in [0.25, 0.3) is 0 Å². The van der Waals surface area contributed by atoms with Crippen molar-refractivity contribution in [3.8, 4) is 0 Å². The number of methoxy groups -OCH3 is 1. The summed E-state index contributed by atoms with van der Waals surface area (Å²) >= 11 is 2.06. The third-order valence-corrected chi connectivity index (χ3v) is 4.84. The van der Waals surface area contributed by atoms with Crippen molar-refractivity contribution in [2.45, 2.75) is 37.5 Å². The van der Waals surface area contributed by atoms with Crippen LogP contribution in [0.2, 0.25) is 0 Å². The van der Waals surface area contributed by atoms with Crippen LogP contribution in [0.4, 0.5) is 0 Å². The van der Waals surface area contributed by atoms with Gasteiger partial charge in [-0.3, -0.25) is 4.90 Å². The molecule has 0 aromatic carbocycles. The van der Waals surface area contributed by atoms with Gasteiger partial charge in [-0.15, -0.1) is 0 Å². The second-order valence-electron chi connectivity index (χ2n) is 5.24. The predicted octanol–water partition coefficient (Wildman–Crippen LogP) is 1.57. The average molecular weight is 246 g/mol. The van der Waals surface area contributed by atoms with E-state index in [0.29, 0.717) is 11.3 Å². The number of thioether (sulfide) groups is 1. The van der Waals surface area contributed by atoms with Crippen molar-refractivity contribution in [2.24, 2.45) is 5.73 Å². The molecule has 0 radical (unpaired) electrons. The third-order valence-electron chi connectivity index (χ3n) is 3.55. The maximum atomic E-state index is 6.00. The zero-order chi connectivity index (χ0) is 12.2. The van der Waals surface area contributed by atoms with E-state index in [1.807, 2.05) is 0 Å². The van der Waals surface area contributed by atoms with Crippen molar-refractivity contribution in [1.29, 1.82) is 0 Å². The first-order chi connectivity index (χ1) is 7.49. The lowest BCUT2D eigenvalue weighted by Crippen LogP contribution is -2.61. The number of rotatable bonds is 5. The first-order valence-electron chi connectivity index (χ1n) is 6.08. The van der Waals surface area contributed by atoms with E-state index in [0.717, 1.165) is 26.1 Å². The van der Waals surface area contributed by atoms with Gasteiger partial charge >= 0.3 is 0 Å².